The zero-order valence-electron chi connectivity index (χ0n) is 11.4. The number of aromatic amines is 1. The zero-order valence-corrected chi connectivity index (χ0v) is 11.4. The van der Waals surface area contributed by atoms with Crippen molar-refractivity contribution in [3.63, 3.8) is 0 Å². The number of hydrogen-bond acceptors (Lipinski definition) is 3. The van der Waals surface area contributed by atoms with Gasteiger partial charge in [-0.1, -0.05) is 37.3 Å². The van der Waals surface area contributed by atoms with Gasteiger partial charge in [-0.2, -0.15) is 0 Å². The van der Waals surface area contributed by atoms with E-state index >= 15 is 0 Å². The van der Waals surface area contributed by atoms with Gasteiger partial charge in [0.2, 0.25) is 0 Å². The lowest BCUT2D eigenvalue weighted by molar-refractivity contribution is 0.0519. The first-order chi connectivity index (χ1) is 9.13. The molecule has 4 heteroatoms. The fourth-order valence-electron chi connectivity index (χ4n) is 1.99. The van der Waals surface area contributed by atoms with Gasteiger partial charge in [0.1, 0.15) is 5.82 Å². The molecule has 100 valence electrons. The van der Waals surface area contributed by atoms with Gasteiger partial charge in [-0.25, -0.2) is 9.78 Å². The molecule has 2 aromatic rings. The van der Waals surface area contributed by atoms with Crippen molar-refractivity contribution in [3.8, 4) is 0 Å². The van der Waals surface area contributed by atoms with Crippen molar-refractivity contribution in [1.82, 2.24) is 9.97 Å². The highest BCUT2D eigenvalue weighted by atomic mass is 16.5. The minimum atomic E-state index is -0.372. The molecule has 0 saturated carbocycles. The molecule has 0 fully saturated rings. The van der Waals surface area contributed by atoms with Crippen LogP contribution in [0.5, 0.6) is 0 Å². The Morgan fingerprint density at radius 1 is 1.37 bits per heavy atom. The third-order valence-electron chi connectivity index (χ3n) is 3.08. The molecule has 19 heavy (non-hydrogen) atoms. The summed E-state index contributed by atoms with van der Waals surface area (Å²) in [4.78, 5) is 19.3. The summed E-state index contributed by atoms with van der Waals surface area (Å²) >= 11 is 0. The molecule has 0 saturated heterocycles. The van der Waals surface area contributed by atoms with E-state index in [0.29, 0.717) is 12.3 Å². The van der Waals surface area contributed by atoms with Crippen LogP contribution in [-0.2, 0) is 4.74 Å². The number of aromatic nitrogens is 2. The minimum absolute atomic E-state index is 0.114. The summed E-state index contributed by atoms with van der Waals surface area (Å²) in [7, 11) is 0. The Hall–Kier alpha value is -2.10. The summed E-state index contributed by atoms with van der Waals surface area (Å²) in [5.41, 5.74) is 2.28. The molecule has 0 spiro atoms. The van der Waals surface area contributed by atoms with Crippen LogP contribution in [0.1, 0.15) is 47.3 Å². The normalized spacial score (nSPS) is 12.2. The van der Waals surface area contributed by atoms with Gasteiger partial charge >= 0.3 is 5.97 Å². The molecule has 1 N–H and O–H groups in total. The molecule has 1 atom stereocenters. The first-order valence-corrected chi connectivity index (χ1v) is 6.42. The number of H-pyrrole nitrogens is 1. The number of benzene rings is 1. The predicted molar refractivity (Wildman–Crippen MR) is 73.2 cm³/mol. The largest absolute Gasteiger partial charge is 0.461 e. The van der Waals surface area contributed by atoms with Gasteiger partial charge in [0, 0.05) is 11.6 Å². The molecule has 2 rings (SSSR count). The second-order valence-electron chi connectivity index (χ2n) is 4.45. The quantitative estimate of drug-likeness (QED) is 0.857. The number of aryl methyl sites for hydroxylation is 1. The molecule has 0 radical (unpaired) electrons. The third kappa shape index (κ3) is 2.84. The number of esters is 1. The highest BCUT2D eigenvalue weighted by Crippen LogP contribution is 2.22. The number of nitrogens with one attached hydrogen (secondary N) is 1. The number of carbonyl (C=O) groups excluding carboxylic acids is 1. The first kappa shape index (κ1) is 13.3. The molecular weight excluding hydrogens is 240 g/mol. The van der Waals surface area contributed by atoms with Crippen LogP contribution in [-0.4, -0.2) is 22.5 Å². The van der Waals surface area contributed by atoms with Crippen molar-refractivity contribution in [2.75, 3.05) is 6.61 Å². The predicted octanol–water partition coefficient (Wildman–Crippen LogP) is 3.05. The lowest BCUT2D eigenvalue weighted by atomic mass is 10.0. The van der Waals surface area contributed by atoms with E-state index in [1.165, 1.54) is 0 Å². The number of rotatable bonds is 4. The second kappa shape index (κ2) is 5.69. The van der Waals surface area contributed by atoms with Crippen molar-refractivity contribution < 1.29 is 9.53 Å². The molecule has 0 aliphatic rings. The topological polar surface area (TPSA) is 55.0 Å². The van der Waals surface area contributed by atoms with Gasteiger partial charge in [0.25, 0.3) is 0 Å². The Kier molecular flexibility index (Phi) is 4.00. The van der Waals surface area contributed by atoms with Crippen LogP contribution in [0.25, 0.3) is 0 Å². The maximum atomic E-state index is 11.7. The van der Waals surface area contributed by atoms with Crippen LogP contribution in [0.2, 0.25) is 0 Å². The molecular formula is C15H18N2O2. The van der Waals surface area contributed by atoms with Crippen molar-refractivity contribution >= 4 is 5.97 Å². The van der Waals surface area contributed by atoms with Crippen LogP contribution in [0.3, 0.4) is 0 Å². The van der Waals surface area contributed by atoms with Gasteiger partial charge < -0.3 is 9.72 Å². The lowest BCUT2D eigenvalue weighted by Crippen LogP contribution is -2.07. The molecule has 1 unspecified atom stereocenters. The third-order valence-corrected chi connectivity index (χ3v) is 3.08. The van der Waals surface area contributed by atoms with Crippen LogP contribution in [0.15, 0.2) is 30.3 Å². The van der Waals surface area contributed by atoms with Crippen molar-refractivity contribution in [2.24, 2.45) is 0 Å². The number of ether oxygens (including phenoxy) is 1. The van der Waals surface area contributed by atoms with E-state index in [1.54, 1.807) is 6.92 Å². The smallest absolute Gasteiger partial charge is 0.358 e. The van der Waals surface area contributed by atoms with Gasteiger partial charge in [0.15, 0.2) is 5.69 Å². The van der Waals surface area contributed by atoms with Crippen LogP contribution < -0.4 is 0 Å². The summed E-state index contributed by atoms with van der Waals surface area (Å²) in [5, 5.41) is 0. The van der Waals surface area contributed by atoms with Crippen LogP contribution >= 0.6 is 0 Å². The molecule has 0 amide bonds. The maximum Gasteiger partial charge on any atom is 0.358 e. The Labute approximate surface area is 112 Å². The molecule has 1 aromatic carbocycles. The van der Waals surface area contributed by atoms with Crippen molar-refractivity contribution in [3.05, 3.63) is 53.1 Å². The first-order valence-electron chi connectivity index (χ1n) is 6.42. The Balaban J connectivity index is 2.27. The number of hydrogen-bond donors (Lipinski definition) is 1. The van der Waals surface area contributed by atoms with E-state index in [9.17, 15) is 4.79 Å². The number of carbonyl (C=O) groups is 1. The Morgan fingerprint density at radius 3 is 2.68 bits per heavy atom. The van der Waals surface area contributed by atoms with Gasteiger partial charge in [-0.05, 0) is 19.4 Å². The summed E-state index contributed by atoms with van der Waals surface area (Å²) < 4.78 is 4.99. The van der Waals surface area contributed by atoms with Gasteiger partial charge in [0.05, 0.1) is 6.61 Å². The van der Waals surface area contributed by atoms with E-state index in [4.69, 9.17) is 4.74 Å². The molecule has 1 aromatic heterocycles. The van der Waals surface area contributed by atoms with E-state index < -0.39 is 0 Å². The Morgan fingerprint density at radius 2 is 2.05 bits per heavy atom. The summed E-state index contributed by atoms with van der Waals surface area (Å²) in [5.74, 6) is 0.526. The van der Waals surface area contributed by atoms with Crippen LogP contribution in [0.4, 0.5) is 0 Å². The van der Waals surface area contributed by atoms with Crippen LogP contribution in [0, 0.1) is 6.92 Å². The lowest BCUT2D eigenvalue weighted by Gasteiger charge is -2.08. The van der Waals surface area contributed by atoms with E-state index in [-0.39, 0.29) is 11.9 Å². The molecule has 1 heterocycles. The van der Waals surface area contributed by atoms with Crippen molar-refractivity contribution in [2.45, 2.75) is 26.7 Å². The summed E-state index contributed by atoms with van der Waals surface area (Å²) in [6.45, 7) is 6.03. The van der Waals surface area contributed by atoms with Gasteiger partial charge in [-0.3, -0.25) is 0 Å². The van der Waals surface area contributed by atoms with Crippen molar-refractivity contribution in [1.29, 1.82) is 0 Å². The minimum Gasteiger partial charge on any atom is -0.461 e. The van der Waals surface area contributed by atoms with E-state index in [0.717, 1.165) is 17.1 Å². The average Bonchev–Trinajstić information content (AvgIpc) is 2.81. The van der Waals surface area contributed by atoms with Gasteiger partial charge in [-0.15, -0.1) is 0 Å². The fourth-order valence-corrected chi connectivity index (χ4v) is 1.99. The number of nitrogens with zero attached hydrogens (tertiary/aromatic N) is 1. The highest BCUT2D eigenvalue weighted by Gasteiger charge is 2.19. The zero-order chi connectivity index (χ0) is 13.8. The van der Waals surface area contributed by atoms with E-state index in [2.05, 4.69) is 16.9 Å². The molecule has 0 aliphatic heterocycles. The summed E-state index contributed by atoms with van der Waals surface area (Å²) in [6, 6.07) is 10.1. The molecule has 0 aliphatic carbocycles. The SMILES string of the molecule is CCOC(=O)c1nc(C(C)c2ccccc2)[nH]c1C. The highest BCUT2D eigenvalue weighted by molar-refractivity contribution is 5.88. The average molecular weight is 258 g/mol. The molecule has 0 bridgehead atoms. The maximum absolute atomic E-state index is 11.7. The monoisotopic (exact) mass is 258 g/mol. The van der Waals surface area contributed by atoms with E-state index in [1.807, 2.05) is 37.3 Å². The number of imidazole rings is 1. The molecule has 4 nitrogen and oxygen atoms in total. The standard InChI is InChI=1S/C15H18N2O2/c1-4-19-15(18)13-11(3)16-14(17-13)10(2)12-8-6-5-7-9-12/h5-10H,4H2,1-3H3,(H,16,17). The summed E-state index contributed by atoms with van der Waals surface area (Å²) in [6.07, 6.45) is 0. The second-order valence-corrected chi connectivity index (χ2v) is 4.45. The fraction of sp³-hybridized carbons (Fsp3) is 0.333. The Bertz CT molecular complexity index is 561.